The van der Waals surface area contributed by atoms with Gasteiger partial charge in [-0.1, -0.05) is 29.8 Å². The van der Waals surface area contributed by atoms with E-state index in [1.54, 1.807) is 0 Å². The lowest BCUT2D eigenvalue weighted by Crippen LogP contribution is -2.34. The van der Waals surface area contributed by atoms with Gasteiger partial charge in [0.25, 0.3) is 0 Å². The van der Waals surface area contributed by atoms with Crippen LogP contribution in [0.2, 0.25) is 0 Å². The van der Waals surface area contributed by atoms with E-state index in [0.717, 1.165) is 30.5 Å². The molecule has 0 saturated carbocycles. The molecular weight excluding hydrogens is 336 g/mol. The van der Waals surface area contributed by atoms with Crippen molar-refractivity contribution in [1.82, 2.24) is 4.31 Å². The molecule has 0 fully saturated rings. The predicted octanol–water partition coefficient (Wildman–Crippen LogP) is 3.48. The van der Waals surface area contributed by atoms with Gasteiger partial charge in [0.05, 0.1) is 6.26 Å². The van der Waals surface area contributed by atoms with Gasteiger partial charge in [-0.15, -0.1) is 0 Å². The van der Waals surface area contributed by atoms with Gasteiger partial charge in [-0.05, 0) is 50.7 Å². The van der Waals surface area contributed by atoms with Crippen LogP contribution in [0.4, 0.5) is 5.69 Å². The average molecular weight is 365 g/mol. The van der Waals surface area contributed by atoms with Gasteiger partial charge in [-0.2, -0.15) is 0 Å². The number of carbonyl (C=O) groups is 1. The second-order valence-corrected chi connectivity index (χ2v) is 8.62. The first-order chi connectivity index (χ1) is 11.9. The molecule has 0 aromatic heterocycles. The van der Waals surface area contributed by atoms with E-state index >= 15 is 0 Å². The lowest BCUT2D eigenvalue weighted by Gasteiger charge is -2.21. The summed E-state index contributed by atoms with van der Waals surface area (Å²) in [4.78, 5) is 12.2. The molecule has 0 spiro atoms. The first kappa shape index (κ1) is 19.7. The van der Waals surface area contributed by atoms with E-state index in [0.29, 0.717) is 6.54 Å². The van der Waals surface area contributed by atoms with Gasteiger partial charge in [-0.3, -0.25) is 4.79 Å². The van der Waals surface area contributed by atoms with E-state index < -0.39 is 10.0 Å². The van der Waals surface area contributed by atoms with Gasteiger partial charge < -0.3 is 5.32 Å². The van der Waals surface area contributed by atoms with E-state index in [1.807, 2.05) is 31.2 Å². The number of sulfonamides is 1. The van der Waals surface area contributed by atoms with Crippen molar-refractivity contribution in [2.75, 3.05) is 24.7 Å². The van der Waals surface area contributed by atoms with Crippen LogP contribution in [0.25, 0.3) is 0 Å². The van der Waals surface area contributed by atoms with Crippen molar-refractivity contribution < 1.29 is 13.2 Å². The van der Waals surface area contributed by atoms with E-state index in [-0.39, 0.29) is 18.9 Å². The number of para-hydroxylation sites is 1. The smallest absolute Gasteiger partial charge is 0.225 e. The second kappa shape index (κ2) is 9.15. The highest BCUT2D eigenvalue weighted by molar-refractivity contribution is 7.88. The number of aryl methyl sites for hydroxylation is 1. The van der Waals surface area contributed by atoms with Crippen molar-refractivity contribution in [3.05, 3.63) is 41.5 Å². The maximum absolute atomic E-state index is 12.2. The molecule has 25 heavy (non-hydrogen) atoms. The summed E-state index contributed by atoms with van der Waals surface area (Å²) in [6, 6.07) is 7.55. The van der Waals surface area contributed by atoms with Crippen molar-refractivity contribution in [1.29, 1.82) is 0 Å². The Kier molecular flexibility index (Phi) is 7.20. The molecule has 1 N–H and O–H groups in total. The lowest BCUT2D eigenvalue weighted by molar-refractivity contribution is -0.116. The fourth-order valence-corrected chi connectivity index (χ4v) is 3.84. The number of benzene rings is 1. The molecule has 1 aliphatic carbocycles. The Morgan fingerprint density at radius 1 is 1.20 bits per heavy atom. The molecule has 5 nitrogen and oxygen atoms in total. The molecule has 0 heterocycles. The molecule has 1 aromatic rings. The fourth-order valence-electron chi connectivity index (χ4n) is 3.00. The summed E-state index contributed by atoms with van der Waals surface area (Å²) in [6.45, 7) is 2.59. The van der Waals surface area contributed by atoms with E-state index in [1.165, 1.54) is 29.0 Å². The quantitative estimate of drug-likeness (QED) is 0.718. The van der Waals surface area contributed by atoms with Crippen LogP contribution in [0.3, 0.4) is 0 Å². The van der Waals surface area contributed by atoms with E-state index in [4.69, 9.17) is 0 Å². The minimum Gasteiger partial charge on any atom is -0.326 e. The molecule has 0 saturated heterocycles. The number of nitrogens with zero attached hydrogens (tertiary/aromatic N) is 1. The monoisotopic (exact) mass is 364 g/mol. The Morgan fingerprint density at radius 3 is 2.60 bits per heavy atom. The van der Waals surface area contributed by atoms with E-state index in [9.17, 15) is 13.2 Å². The largest absolute Gasteiger partial charge is 0.326 e. The number of hydrogen-bond acceptors (Lipinski definition) is 3. The zero-order valence-corrected chi connectivity index (χ0v) is 15.9. The number of carbonyl (C=O) groups excluding carboxylic acids is 1. The molecule has 6 heteroatoms. The van der Waals surface area contributed by atoms with Crippen LogP contribution in [0, 0.1) is 6.92 Å². The summed E-state index contributed by atoms with van der Waals surface area (Å²) >= 11 is 0. The normalized spacial score (nSPS) is 15.1. The lowest BCUT2D eigenvalue weighted by atomic mass is 9.97. The third-order valence-corrected chi connectivity index (χ3v) is 5.85. The third-order valence-electron chi connectivity index (χ3n) is 4.54. The minimum atomic E-state index is -3.32. The molecule has 0 bridgehead atoms. The summed E-state index contributed by atoms with van der Waals surface area (Å²) in [5.74, 6) is -0.167. The van der Waals surface area contributed by atoms with Crippen LogP contribution in [-0.4, -0.2) is 38.0 Å². The van der Waals surface area contributed by atoms with Gasteiger partial charge in [0, 0.05) is 25.2 Å². The topological polar surface area (TPSA) is 66.5 Å². The van der Waals surface area contributed by atoms with Crippen LogP contribution in [-0.2, 0) is 14.8 Å². The summed E-state index contributed by atoms with van der Waals surface area (Å²) < 4.78 is 25.4. The molecule has 0 radical (unpaired) electrons. The van der Waals surface area contributed by atoms with Crippen molar-refractivity contribution in [3.8, 4) is 0 Å². The van der Waals surface area contributed by atoms with Crippen molar-refractivity contribution in [2.24, 2.45) is 0 Å². The Morgan fingerprint density at radius 2 is 1.96 bits per heavy atom. The summed E-state index contributed by atoms with van der Waals surface area (Å²) in [5, 5.41) is 2.85. The zero-order chi connectivity index (χ0) is 18.3. The average Bonchev–Trinajstić information content (AvgIpc) is 2.56. The molecule has 0 aliphatic heterocycles. The van der Waals surface area contributed by atoms with E-state index in [2.05, 4.69) is 11.4 Å². The van der Waals surface area contributed by atoms with Crippen LogP contribution in [0.5, 0.6) is 0 Å². The maximum atomic E-state index is 12.2. The number of amides is 1. The first-order valence-corrected chi connectivity index (χ1v) is 10.7. The van der Waals surface area contributed by atoms with Crippen LogP contribution < -0.4 is 5.32 Å². The number of nitrogens with one attached hydrogen (secondary N) is 1. The molecule has 0 unspecified atom stereocenters. The van der Waals surface area contributed by atoms with Crippen LogP contribution in [0.15, 0.2) is 35.9 Å². The molecule has 1 aromatic carbocycles. The van der Waals surface area contributed by atoms with Crippen LogP contribution >= 0.6 is 0 Å². The highest BCUT2D eigenvalue weighted by Gasteiger charge is 2.18. The number of rotatable bonds is 8. The van der Waals surface area contributed by atoms with Gasteiger partial charge in [0.15, 0.2) is 0 Å². The van der Waals surface area contributed by atoms with Crippen molar-refractivity contribution >= 4 is 21.6 Å². The SMILES string of the molecule is Cc1ccccc1NC(=O)CCN(CCC1=CCCCC1)S(C)(=O)=O. The molecule has 1 amide bonds. The molecule has 1 aliphatic rings. The van der Waals surface area contributed by atoms with Gasteiger partial charge in [0.2, 0.25) is 15.9 Å². The number of allylic oxidation sites excluding steroid dienone is 1. The summed E-state index contributed by atoms with van der Waals surface area (Å²) in [5.41, 5.74) is 3.09. The first-order valence-electron chi connectivity index (χ1n) is 8.85. The Balaban J connectivity index is 1.88. The Labute approximate surface area is 151 Å². The standard InChI is InChI=1S/C19H28N2O3S/c1-16-8-6-7-11-18(16)20-19(22)13-15-21(25(2,23)24)14-12-17-9-4-3-5-10-17/h6-9,11H,3-5,10,12-15H2,1-2H3,(H,20,22). The van der Waals surface area contributed by atoms with Gasteiger partial charge >= 0.3 is 0 Å². The van der Waals surface area contributed by atoms with Gasteiger partial charge in [-0.25, -0.2) is 12.7 Å². The minimum absolute atomic E-state index is 0.153. The Bertz CT molecular complexity index is 726. The summed E-state index contributed by atoms with van der Waals surface area (Å²) in [6.07, 6.45) is 8.91. The zero-order valence-electron chi connectivity index (χ0n) is 15.1. The maximum Gasteiger partial charge on any atom is 0.225 e. The van der Waals surface area contributed by atoms with Crippen LogP contribution in [0.1, 0.15) is 44.1 Å². The highest BCUT2D eigenvalue weighted by atomic mass is 32.2. The molecule has 2 rings (SSSR count). The van der Waals surface area contributed by atoms with Gasteiger partial charge in [0.1, 0.15) is 0 Å². The summed E-state index contributed by atoms with van der Waals surface area (Å²) in [7, 11) is -3.32. The fraction of sp³-hybridized carbons (Fsp3) is 0.526. The second-order valence-electron chi connectivity index (χ2n) is 6.63. The highest BCUT2D eigenvalue weighted by Crippen LogP contribution is 2.21. The van der Waals surface area contributed by atoms with Crippen molar-refractivity contribution in [2.45, 2.75) is 45.4 Å². The molecular formula is C19H28N2O3S. The third kappa shape index (κ3) is 6.63. The molecule has 138 valence electrons. The number of hydrogen-bond donors (Lipinski definition) is 1. The predicted molar refractivity (Wildman–Crippen MR) is 102 cm³/mol. The molecule has 0 atom stereocenters. The van der Waals surface area contributed by atoms with Crippen molar-refractivity contribution in [3.63, 3.8) is 0 Å². The number of anilines is 1. The Hall–Kier alpha value is -1.66.